The average Bonchev–Trinajstić information content (AvgIpc) is 3.09. The molecule has 142 valence electrons. The molecule has 0 amide bonds. The molecule has 1 aliphatic heterocycles. The van der Waals surface area contributed by atoms with E-state index in [-0.39, 0.29) is 11.2 Å². The Hall–Kier alpha value is -3.26. The van der Waals surface area contributed by atoms with Crippen LogP contribution in [0, 0.1) is 12.7 Å². The van der Waals surface area contributed by atoms with Crippen LogP contribution in [0.25, 0.3) is 22.2 Å². The number of benzene rings is 1. The van der Waals surface area contributed by atoms with Gasteiger partial charge in [0.2, 0.25) is 0 Å². The van der Waals surface area contributed by atoms with Crippen LogP contribution in [-0.4, -0.2) is 45.1 Å². The van der Waals surface area contributed by atoms with E-state index in [1.165, 1.54) is 17.0 Å². The third-order valence-corrected chi connectivity index (χ3v) is 5.12. The van der Waals surface area contributed by atoms with E-state index >= 15 is 0 Å². The minimum absolute atomic E-state index is 0.229. The number of anilines is 1. The van der Waals surface area contributed by atoms with E-state index in [2.05, 4.69) is 20.2 Å². The zero-order valence-electron chi connectivity index (χ0n) is 15.4. The Morgan fingerprint density at radius 1 is 1.11 bits per heavy atom. The maximum absolute atomic E-state index is 14.4. The second-order valence-electron chi connectivity index (χ2n) is 7.02. The van der Waals surface area contributed by atoms with E-state index in [0.29, 0.717) is 22.3 Å². The van der Waals surface area contributed by atoms with Crippen molar-refractivity contribution < 1.29 is 4.39 Å². The molecule has 5 rings (SSSR count). The lowest BCUT2D eigenvalue weighted by molar-refractivity contribution is 0.589. The third kappa shape index (κ3) is 2.73. The number of nitrogens with zero attached hydrogens (tertiary/aromatic N) is 5. The number of aromatic nitrogens is 4. The topological polar surface area (TPSA) is 67.5 Å². The van der Waals surface area contributed by atoms with Crippen LogP contribution in [0.5, 0.6) is 0 Å². The van der Waals surface area contributed by atoms with Gasteiger partial charge in [-0.05, 0) is 25.1 Å². The van der Waals surface area contributed by atoms with Gasteiger partial charge in [-0.1, -0.05) is 0 Å². The largest absolute Gasteiger partial charge is 0.369 e. The molecule has 1 aromatic carbocycles. The number of fused-ring (bicyclic) bond motifs is 2. The standard InChI is InChI=1S/C20H19FN6O/c1-13-10-26-11-15(8-17(21)19(26)24-13)27-12-23-18-9-14(2-3-16(18)20(27)28)25-6-4-22-5-7-25/h2-3,8-12,22H,4-7H2,1H3. The van der Waals surface area contributed by atoms with Crippen molar-refractivity contribution in [2.75, 3.05) is 31.1 Å². The van der Waals surface area contributed by atoms with Gasteiger partial charge in [0.25, 0.3) is 5.56 Å². The van der Waals surface area contributed by atoms with Crippen LogP contribution in [-0.2, 0) is 0 Å². The number of rotatable bonds is 2. The maximum Gasteiger partial charge on any atom is 0.265 e. The molecule has 1 N–H and O–H groups in total. The molecule has 0 bridgehead atoms. The molecule has 1 fully saturated rings. The van der Waals surface area contributed by atoms with Gasteiger partial charge < -0.3 is 14.6 Å². The van der Waals surface area contributed by atoms with Crippen molar-refractivity contribution in [1.82, 2.24) is 24.3 Å². The predicted octanol–water partition coefficient (Wildman–Crippen LogP) is 1.89. The summed E-state index contributed by atoms with van der Waals surface area (Å²) >= 11 is 0. The summed E-state index contributed by atoms with van der Waals surface area (Å²) in [5.41, 5.74) is 2.82. The molecule has 4 heterocycles. The lowest BCUT2D eigenvalue weighted by atomic mass is 10.2. The molecule has 8 heteroatoms. The number of aryl methyl sites for hydroxylation is 1. The van der Waals surface area contributed by atoms with Crippen LogP contribution >= 0.6 is 0 Å². The van der Waals surface area contributed by atoms with Gasteiger partial charge in [-0.3, -0.25) is 9.36 Å². The molecule has 0 spiro atoms. The van der Waals surface area contributed by atoms with E-state index in [4.69, 9.17) is 0 Å². The van der Waals surface area contributed by atoms with Gasteiger partial charge in [-0.15, -0.1) is 0 Å². The fraction of sp³-hybridized carbons (Fsp3) is 0.250. The van der Waals surface area contributed by atoms with Gasteiger partial charge in [0, 0.05) is 50.3 Å². The number of nitrogens with one attached hydrogen (secondary N) is 1. The molecule has 7 nitrogen and oxygen atoms in total. The Balaban J connectivity index is 1.61. The van der Waals surface area contributed by atoms with E-state index in [1.54, 1.807) is 29.8 Å². The van der Waals surface area contributed by atoms with Gasteiger partial charge in [0.1, 0.15) is 6.33 Å². The highest BCUT2D eigenvalue weighted by Crippen LogP contribution is 2.20. The second-order valence-corrected chi connectivity index (χ2v) is 7.02. The quantitative estimate of drug-likeness (QED) is 0.577. The first-order valence-corrected chi connectivity index (χ1v) is 9.22. The van der Waals surface area contributed by atoms with Crippen molar-refractivity contribution in [3.63, 3.8) is 0 Å². The van der Waals surface area contributed by atoms with Crippen molar-refractivity contribution in [2.24, 2.45) is 0 Å². The van der Waals surface area contributed by atoms with E-state index in [9.17, 15) is 9.18 Å². The lowest BCUT2D eigenvalue weighted by Gasteiger charge is -2.29. The molecular formula is C20H19FN6O. The smallest absolute Gasteiger partial charge is 0.265 e. The molecule has 3 aromatic heterocycles. The summed E-state index contributed by atoms with van der Waals surface area (Å²) in [5, 5.41) is 3.83. The van der Waals surface area contributed by atoms with Gasteiger partial charge >= 0.3 is 0 Å². The zero-order valence-corrected chi connectivity index (χ0v) is 15.4. The number of piperazine rings is 1. The van der Waals surface area contributed by atoms with Crippen LogP contribution in [0.1, 0.15) is 5.69 Å². The van der Waals surface area contributed by atoms with Crippen LogP contribution in [0.15, 0.2) is 47.8 Å². The molecule has 0 aliphatic carbocycles. The van der Waals surface area contributed by atoms with Crippen LogP contribution in [0.4, 0.5) is 10.1 Å². The molecule has 0 atom stereocenters. The maximum atomic E-state index is 14.4. The van der Waals surface area contributed by atoms with E-state index < -0.39 is 5.82 Å². The van der Waals surface area contributed by atoms with Crippen molar-refractivity contribution in [3.05, 3.63) is 64.9 Å². The second kappa shape index (κ2) is 6.42. The lowest BCUT2D eigenvalue weighted by Crippen LogP contribution is -2.43. The van der Waals surface area contributed by atoms with E-state index in [0.717, 1.165) is 31.9 Å². The first-order valence-electron chi connectivity index (χ1n) is 9.22. The van der Waals surface area contributed by atoms with Crippen molar-refractivity contribution >= 4 is 22.2 Å². The molecule has 0 radical (unpaired) electrons. The summed E-state index contributed by atoms with van der Waals surface area (Å²) < 4.78 is 17.4. The van der Waals surface area contributed by atoms with Gasteiger partial charge in [0.05, 0.1) is 22.3 Å². The fourth-order valence-corrected chi connectivity index (χ4v) is 3.71. The Morgan fingerprint density at radius 2 is 1.93 bits per heavy atom. The highest BCUT2D eigenvalue weighted by atomic mass is 19.1. The monoisotopic (exact) mass is 378 g/mol. The van der Waals surface area contributed by atoms with Crippen LogP contribution in [0.3, 0.4) is 0 Å². The summed E-state index contributed by atoms with van der Waals surface area (Å²) in [6.45, 7) is 5.52. The summed E-state index contributed by atoms with van der Waals surface area (Å²) in [4.78, 5) is 23.9. The van der Waals surface area contributed by atoms with Gasteiger partial charge in [0.15, 0.2) is 11.5 Å². The number of imidazole rings is 1. The Kier molecular flexibility index (Phi) is 3.87. The Labute approximate surface area is 160 Å². The number of hydrogen-bond acceptors (Lipinski definition) is 5. The molecule has 1 aliphatic rings. The fourth-order valence-electron chi connectivity index (χ4n) is 3.71. The van der Waals surface area contributed by atoms with Crippen molar-refractivity contribution in [1.29, 1.82) is 0 Å². The zero-order chi connectivity index (χ0) is 19.3. The third-order valence-electron chi connectivity index (χ3n) is 5.12. The number of halogens is 1. The molecule has 1 saturated heterocycles. The SMILES string of the molecule is Cc1cn2cc(-n3cnc4cc(N5CCNCC5)ccc4c3=O)cc(F)c2n1. The summed E-state index contributed by atoms with van der Waals surface area (Å²) in [5.74, 6) is -0.480. The predicted molar refractivity (Wildman–Crippen MR) is 106 cm³/mol. The van der Waals surface area contributed by atoms with Crippen LogP contribution in [0.2, 0.25) is 0 Å². The average molecular weight is 378 g/mol. The summed E-state index contributed by atoms with van der Waals surface area (Å²) in [6, 6.07) is 7.00. The summed E-state index contributed by atoms with van der Waals surface area (Å²) in [6.07, 6.45) is 4.86. The molecule has 28 heavy (non-hydrogen) atoms. The highest BCUT2D eigenvalue weighted by molar-refractivity contribution is 5.81. The normalized spacial score (nSPS) is 14.9. The molecule has 4 aromatic rings. The van der Waals surface area contributed by atoms with Crippen molar-refractivity contribution in [3.8, 4) is 5.69 Å². The van der Waals surface area contributed by atoms with Crippen LogP contribution < -0.4 is 15.8 Å². The van der Waals surface area contributed by atoms with Gasteiger partial charge in [-0.25, -0.2) is 14.4 Å². The Morgan fingerprint density at radius 3 is 2.75 bits per heavy atom. The molecule has 0 saturated carbocycles. The van der Waals surface area contributed by atoms with E-state index in [1.807, 2.05) is 12.1 Å². The van der Waals surface area contributed by atoms with Gasteiger partial charge in [-0.2, -0.15) is 0 Å². The highest BCUT2D eigenvalue weighted by Gasteiger charge is 2.14. The first kappa shape index (κ1) is 16.9. The number of hydrogen-bond donors (Lipinski definition) is 1. The molecular weight excluding hydrogens is 359 g/mol. The first-order chi connectivity index (χ1) is 13.6. The number of pyridine rings is 1. The molecule has 0 unspecified atom stereocenters. The minimum atomic E-state index is -0.480. The summed E-state index contributed by atoms with van der Waals surface area (Å²) in [7, 11) is 0. The van der Waals surface area contributed by atoms with Crippen molar-refractivity contribution in [2.45, 2.75) is 6.92 Å². The Bertz CT molecular complexity index is 1260. The minimum Gasteiger partial charge on any atom is -0.369 e.